The van der Waals surface area contributed by atoms with Crippen LogP contribution in [0, 0.1) is 17.7 Å². The number of benzene rings is 2. The van der Waals surface area contributed by atoms with Crippen LogP contribution in [0.1, 0.15) is 33.1 Å². The fourth-order valence-electron chi connectivity index (χ4n) is 4.70. The molecule has 1 aliphatic rings. The summed E-state index contributed by atoms with van der Waals surface area (Å²) in [6, 6.07) is 11.7. The average molecular weight is 474 g/mol. The predicted octanol–water partition coefficient (Wildman–Crippen LogP) is 5.15. The Morgan fingerprint density at radius 2 is 2.09 bits per heavy atom. The highest BCUT2D eigenvalue weighted by atomic mass is 35.5. The minimum absolute atomic E-state index is 0.0168. The number of hydrogen-bond acceptors (Lipinski definition) is 4. The van der Waals surface area contributed by atoms with Crippen molar-refractivity contribution in [2.24, 2.45) is 11.8 Å². The van der Waals surface area contributed by atoms with Gasteiger partial charge >= 0.3 is 5.76 Å². The number of carbonyl (C=O) groups excluding carboxylic acids is 1. The van der Waals surface area contributed by atoms with E-state index in [0.29, 0.717) is 35.1 Å². The predicted molar refractivity (Wildman–Crippen MR) is 128 cm³/mol. The maximum Gasteiger partial charge on any atom is 0.419 e. The standard InChI is InChI=1S/C25H29ClFN3O3/c1-16(2)12-17-15-29(10-8-21(17)28-20-5-3-4-19(27)14-20)24(31)9-11-30-22-7-6-18(26)13-23(22)33-25(30)32/h3-7,13-14,16-17,21,28H,8-12,15H2,1-2H3/t17-,21+/m0/s1. The number of amides is 1. The summed E-state index contributed by atoms with van der Waals surface area (Å²) in [6.07, 6.45) is 1.96. The van der Waals surface area contributed by atoms with E-state index in [1.165, 1.54) is 16.7 Å². The summed E-state index contributed by atoms with van der Waals surface area (Å²) >= 11 is 5.97. The van der Waals surface area contributed by atoms with E-state index >= 15 is 0 Å². The molecule has 1 aromatic heterocycles. The fourth-order valence-corrected chi connectivity index (χ4v) is 4.87. The van der Waals surface area contributed by atoms with Crippen LogP contribution in [-0.4, -0.2) is 34.5 Å². The summed E-state index contributed by atoms with van der Waals surface area (Å²) in [5.41, 5.74) is 1.81. The molecule has 0 spiro atoms. The molecular weight excluding hydrogens is 445 g/mol. The Bertz CT molecular complexity index is 1190. The van der Waals surface area contributed by atoms with E-state index in [2.05, 4.69) is 19.2 Å². The first-order chi connectivity index (χ1) is 15.8. The van der Waals surface area contributed by atoms with Crippen LogP contribution in [0.2, 0.25) is 5.02 Å². The molecule has 6 nitrogen and oxygen atoms in total. The van der Waals surface area contributed by atoms with Crippen molar-refractivity contribution in [3.63, 3.8) is 0 Å². The number of rotatable bonds is 7. The lowest BCUT2D eigenvalue weighted by Crippen LogP contribution is -2.49. The molecule has 1 aliphatic heterocycles. The molecule has 4 rings (SSSR count). The van der Waals surface area contributed by atoms with E-state index in [1.807, 2.05) is 11.0 Å². The topological polar surface area (TPSA) is 67.5 Å². The number of likely N-dealkylation sites (tertiary alicyclic amines) is 1. The monoisotopic (exact) mass is 473 g/mol. The highest BCUT2D eigenvalue weighted by Crippen LogP contribution is 2.28. The van der Waals surface area contributed by atoms with E-state index < -0.39 is 5.76 Å². The van der Waals surface area contributed by atoms with Crippen molar-refractivity contribution in [3.8, 4) is 0 Å². The number of aryl methyl sites for hydroxylation is 1. The number of hydrogen-bond donors (Lipinski definition) is 1. The van der Waals surface area contributed by atoms with Gasteiger partial charge in [0.25, 0.3) is 0 Å². The van der Waals surface area contributed by atoms with Gasteiger partial charge in [0.2, 0.25) is 5.91 Å². The Morgan fingerprint density at radius 1 is 1.27 bits per heavy atom. The van der Waals surface area contributed by atoms with Gasteiger partial charge in [0.1, 0.15) is 5.82 Å². The molecule has 0 radical (unpaired) electrons. The second kappa shape index (κ2) is 10.00. The maximum atomic E-state index is 13.6. The van der Waals surface area contributed by atoms with Crippen LogP contribution in [-0.2, 0) is 11.3 Å². The second-order valence-electron chi connectivity index (χ2n) is 9.16. The third kappa shape index (κ3) is 5.58. The summed E-state index contributed by atoms with van der Waals surface area (Å²) in [5, 5.41) is 3.97. The zero-order valence-electron chi connectivity index (χ0n) is 18.9. The summed E-state index contributed by atoms with van der Waals surface area (Å²) < 4.78 is 20.4. The lowest BCUT2D eigenvalue weighted by Gasteiger charge is -2.40. The summed E-state index contributed by atoms with van der Waals surface area (Å²) in [5.74, 6) is -0.00798. The molecule has 8 heteroatoms. The van der Waals surface area contributed by atoms with Crippen LogP contribution in [0.4, 0.5) is 10.1 Å². The van der Waals surface area contributed by atoms with Crippen molar-refractivity contribution in [2.75, 3.05) is 18.4 Å². The van der Waals surface area contributed by atoms with Crippen LogP contribution in [0.5, 0.6) is 0 Å². The molecule has 1 saturated heterocycles. The minimum Gasteiger partial charge on any atom is -0.408 e. The number of nitrogens with one attached hydrogen (secondary N) is 1. The third-order valence-corrected chi connectivity index (χ3v) is 6.45. The summed E-state index contributed by atoms with van der Waals surface area (Å²) in [4.78, 5) is 27.2. The molecule has 1 N–H and O–H groups in total. The van der Waals surface area contributed by atoms with Gasteiger partial charge in [0.15, 0.2) is 5.58 Å². The number of oxazole rings is 1. The largest absolute Gasteiger partial charge is 0.419 e. The van der Waals surface area contributed by atoms with Gasteiger partial charge in [-0.2, -0.15) is 0 Å². The van der Waals surface area contributed by atoms with Gasteiger partial charge in [0, 0.05) is 48.9 Å². The molecular formula is C25H29ClFN3O3. The number of halogens is 2. The van der Waals surface area contributed by atoms with Gasteiger partial charge in [-0.25, -0.2) is 9.18 Å². The molecule has 2 aromatic carbocycles. The van der Waals surface area contributed by atoms with Crippen molar-refractivity contribution in [1.82, 2.24) is 9.47 Å². The highest BCUT2D eigenvalue weighted by molar-refractivity contribution is 6.31. The van der Waals surface area contributed by atoms with Crippen molar-refractivity contribution >= 4 is 34.3 Å². The molecule has 0 bridgehead atoms. The Kier molecular flexibility index (Phi) is 7.08. The molecule has 0 aliphatic carbocycles. The zero-order valence-corrected chi connectivity index (χ0v) is 19.6. The Morgan fingerprint density at radius 3 is 2.85 bits per heavy atom. The average Bonchev–Trinajstić information content (AvgIpc) is 3.06. The van der Waals surface area contributed by atoms with Crippen molar-refractivity contribution < 1.29 is 13.6 Å². The summed E-state index contributed by atoms with van der Waals surface area (Å²) in [7, 11) is 0. The number of fused-ring (bicyclic) bond motifs is 1. The molecule has 0 saturated carbocycles. The van der Waals surface area contributed by atoms with E-state index in [0.717, 1.165) is 18.5 Å². The van der Waals surface area contributed by atoms with Gasteiger partial charge in [-0.3, -0.25) is 9.36 Å². The van der Waals surface area contributed by atoms with Gasteiger partial charge in [0.05, 0.1) is 5.52 Å². The summed E-state index contributed by atoms with van der Waals surface area (Å²) in [6.45, 7) is 5.85. The molecule has 3 aromatic rings. The normalized spacial score (nSPS) is 18.8. The maximum absolute atomic E-state index is 13.6. The lowest BCUT2D eigenvalue weighted by atomic mass is 9.85. The molecule has 2 heterocycles. The van der Waals surface area contributed by atoms with Crippen molar-refractivity contribution in [3.05, 3.63) is 63.9 Å². The molecule has 176 valence electrons. The third-order valence-electron chi connectivity index (χ3n) is 6.22. The highest BCUT2D eigenvalue weighted by Gasteiger charge is 2.32. The molecule has 33 heavy (non-hydrogen) atoms. The number of carbonyl (C=O) groups is 1. The zero-order chi connectivity index (χ0) is 23.5. The van der Waals surface area contributed by atoms with E-state index in [9.17, 15) is 14.0 Å². The van der Waals surface area contributed by atoms with Gasteiger partial charge in [-0.15, -0.1) is 0 Å². The van der Waals surface area contributed by atoms with Crippen LogP contribution in [0.25, 0.3) is 11.1 Å². The SMILES string of the molecule is CC(C)C[C@H]1CN(C(=O)CCn2c(=O)oc3cc(Cl)ccc32)CC[C@H]1Nc1cccc(F)c1. The van der Waals surface area contributed by atoms with Crippen LogP contribution in [0.3, 0.4) is 0 Å². The minimum atomic E-state index is -0.490. The van der Waals surface area contributed by atoms with Gasteiger partial charge < -0.3 is 14.6 Å². The number of anilines is 1. The Labute approximate surface area is 197 Å². The van der Waals surface area contributed by atoms with Gasteiger partial charge in [-0.1, -0.05) is 31.5 Å². The Hall–Kier alpha value is -2.80. The number of aromatic nitrogens is 1. The first-order valence-electron chi connectivity index (χ1n) is 11.4. The Balaban J connectivity index is 1.41. The van der Waals surface area contributed by atoms with E-state index in [4.69, 9.17) is 16.0 Å². The molecule has 2 atom stereocenters. The van der Waals surface area contributed by atoms with Crippen LogP contribution in [0.15, 0.2) is 51.7 Å². The lowest BCUT2D eigenvalue weighted by molar-refractivity contribution is -0.133. The fraction of sp³-hybridized carbons (Fsp3) is 0.440. The van der Waals surface area contributed by atoms with E-state index in [-0.39, 0.29) is 36.6 Å². The number of nitrogens with zero attached hydrogens (tertiary/aromatic N) is 2. The van der Waals surface area contributed by atoms with Crippen molar-refractivity contribution in [1.29, 1.82) is 0 Å². The molecule has 1 amide bonds. The second-order valence-corrected chi connectivity index (χ2v) is 9.60. The molecule has 1 fully saturated rings. The first-order valence-corrected chi connectivity index (χ1v) is 11.8. The van der Waals surface area contributed by atoms with Crippen LogP contribution < -0.4 is 11.1 Å². The number of piperidine rings is 1. The quantitative estimate of drug-likeness (QED) is 0.515. The van der Waals surface area contributed by atoms with E-state index in [1.54, 1.807) is 24.3 Å². The first kappa shape index (κ1) is 23.4. The van der Waals surface area contributed by atoms with Crippen LogP contribution >= 0.6 is 11.6 Å². The molecule has 0 unspecified atom stereocenters. The smallest absolute Gasteiger partial charge is 0.408 e. The van der Waals surface area contributed by atoms with Gasteiger partial charge in [-0.05, 0) is 55.0 Å². The van der Waals surface area contributed by atoms with Crippen molar-refractivity contribution in [2.45, 2.75) is 45.7 Å².